The second-order valence-corrected chi connectivity index (χ2v) is 9.16. The van der Waals surface area contributed by atoms with Crippen molar-refractivity contribution in [2.45, 2.75) is 9.79 Å². The van der Waals surface area contributed by atoms with E-state index >= 15 is 0 Å². The first-order chi connectivity index (χ1) is 16.9. The molecule has 4 aromatic rings. The number of nitrogens with one attached hydrogen (secondary N) is 2. The lowest BCUT2D eigenvalue weighted by Gasteiger charge is -2.09. The minimum atomic E-state index is -3.84. The van der Waals surface area contributed by atoms with E-state index in [0.29, 0.717) is 11.4 Å². The maximum Gasteiger partial charge on any atom is 0.417 e. The molecule has 0 saturated heterocycles. The Morgan fingerprint density at radius 1 is 0.514 bits per heavy atom. The van der Waals surface area contributed by atoms with Crippen molar-refractivity contribution >= 4 is 33.4 Å². The highest BCUT2D eigenvalue weighted by molar-refractivity contribution is 7.91. The van der Waals surface area contributed by atoms with Crippen LogP contribution in [-0.2, 0) is 9.84 Å². The van der Waals surface area contributed by atoms with E-state index in [2.05, 4.69) is 10.6 Å². The van der Waals surface area contributed by atoms with E-state index in [1.165, 1.54) is 48.5 Å². The second kappa shape index (κ2) is 10.5. The average Bonchev–Trinajstić information content (AvgIpc) is 2.86. The van der Waals surface area contributed by atoms with Crippen LogP contribution in [0.5, 0.6) is 11.5 Å². The predicted molar refractivity (Wildman–Crippen MR) is 131 cm³/mol. The molecule has 35 heavy (non-hydrogen) atoms. The number of amides is 2. The van der Waals surface area contributed by atoms with E-state index in [-0.39, 0.29) is 21.3 Å². The Morgan fingerprint density at radius 2 is 0.857 bits per heavy atom. The van der Waals surface area contributed by atoms with E-state index in [4.69, 9.17) is 9.47 Å². The number of anilines is 2. The number of benzene rings is 4. The Hall–Kier alpha value is -4.63. The van der Waals surface area contributed by atoms with Gasteiger partial charge < -0.3 is 9.47 Å². The highest BCUT2D eigenvalue weighted by Gasteiger charge is 2.18. The van der Waals surface area contributed by atoms with Gasteiger partial charge in [-0.05, 0) is 72.8 Å². The van der Waals surface area contributed by atoms with E-state index in [1.54, 1.807) is 48.5 Å². The molecule has 0 bridgehead atoms. The van der Waals surface area contributed by atoms with Crippen molar-refractivity contribution in [3.05, 3.63) is 109 Å². The molecule has 0 saturated carbocycles. The van der Waals surface area contributed by atoms with Crippen molar-refractivity contribution in [2.75, 3.05) is 10.6 Å². The van der Waals surface area contributed by atoms with Crippen LogP contribution < -0.4 is 20.1 Å². The Balaban J connectivity index is 1.38. The molecular formula is C26H20N2O6S. The van der Waals surface area contributed by atoms with Crippen LogP contribution in [0.3, 0.4) is 0 Å². The molecule has 0 unspecified atom stereocenters. The molecule has 0 atom stereocenters. The molecule has 0 aromatic heterocycles. The van der Waals surface area contributed by atoms with Crippen LogP contribution in [0.25, 0.3) is 0 Å². The fourth-order valence-electron chi connectivity index (χ4n) is 3.05. The van der Waals surface area contributed by atoms with Crippen LogP contribution in [0, 0.1) is 0 Å². The van der Waals surface area contributed by atoms with Crippen LogP contribution in [0.4, 0.5) is 21.0 Å². The maximum atomic E-state index is 12.9. The standard InChI is InChI=1S/C26H20N2O6S/c29-25(27-19-7-3-1-4-8-19)33-21-11-15-23(16-12-21)35(31,32)24-17-13-22(14-18-24)34-26(30)28-20-9-5-2-6-10-20/h1-18H,(H,27,29)(H,28,30). The number of carbonyl (C=O) groups excluding carboxylic acids is 2. The Kier molecular flexibility index (Phi) is 7.08. The summed E-state index contributed by atoms with van der Waals surface area (Å²) in [7, 11) is -3.84. The topological polar surface area (TPSA) is 111 Å². The van der Waals surface area contributed by atoms with Crippen molar-refractivity contribution in [1.29, 1.82) is 0 Å². The van der Waals surface area contributed by atoms with Gasteiger partial charge in [0.05, 0.1) is 9.79 Å². The third kappa shape index (κ3) is 6.24. The number of carbonyl (C=O) groups is 2. The first kappa shape index (κ1) is 23.5. The van der Waals surface area contributed by atoms with E-state index < -0.39 is 22.0 Å². The lowest BCUT2D eigenvalue weighted by Crippen LogP contribution is -2.16. The molecule has 2 amide bonds. The molecule has 0 aliphatic carbocycles. The maximum absolute atomic E-state index is 12.9. The molecule has 0 aliphatic heterocycles. The smallest absolute Gasteiger partial charge is 0.410 e. The van der Waals surface area contributed by atoms with Gasteiger partial charge in [-0.25, -0.2) is 18.0 Å². The third-order valence-electron chi connectivity index (χ3n) is 4.73. The summed E-state index contributed by atoms with van der Waals surface area (Å²) in [5, 5.41) is 5.15. The Morgan fingerprint density at radius 3 is 1.20 bits per heavy atom. The number of sulfone groups is 1. The van der Waals surface area contributed by atoms with Gasteiger partial charge in [-0.1, -0.05) is 36.4 Å². The lowest BCUT2D eigenvalue weighted by atomic mass is 10.3. The van der Waals surface area contributed by atoms with Gasteiger partial charge in [0, 0.05) is 11.4 Å². The molecule has 4 aromatic carbocycles. The molecule has 0 aliphatic rings. The first-order valence-corrected chi connectivity index (χ1v) is 11.9. The fraction of sp³-hybridized carbons (Fsp3) is 0. The van der Waals surface area contributed by atoms with Crippen molar-refractivity contribution in [1.82, 2.24) is 0 Å². The normalized spacial score (nSPS) is 10.7. The van der Waals surface area contributed by atoms with Crippen LogP contribution in [-0.4, -0.2) is 20.6 Å². The Bertz CT molecular complexity index is 1300. The summed E-state index contributed by atoms with van der Waals surface area (Å²) in [6.07, 6.45) is -1.39. The number of para-hydroxylation sites is 2. The number of rotatable bonds is 6. The molecule has 2 N–H and O–H groups in total. The van der Waals surface area contributed by atoms with E-state index in [0.717, 1.165) is 0 Å². The quantitative estimate of drug-likeness (QED) is 0.358. The molecule has 176 valence electrons. The highest BCUT2D eigenvalue weighted by atomic mass is 32.2. The molecule has 0 fully saturated rings. The third-order valence-corrected chi connectivity index (χ3v) is 6.52. The fourth-order valence-corrected chi connectivity index (χ4v) is 4.31. The zero-order valence-corrected chi connectivity index (χ0v) is 19.1. The predicted octanol–water partition coefficient (Wildman–Crippen LogP) is 5.74. The summed E-state index contributed by atoms with van der Waals surface area (Å²) in [6, 6.07) is 28.5. The number of hydrogen-bond acceptors (Lipinski definition) is 6. The second-order valence-electron chi connectivity index (χ2n) is 7.21. The van der Waals surface area contributed by atoms with Crippen molar-refractivity contribution in [3.8, 4) is 11.5 Å². The number of ether oxygens (including phenoxy) is 2. The summed E-state index contributed by atoms with van der Waals surface area (Å²) in [4.78, 5) is 24.0. The zero-order chi connectivity index (χ0) is 24.7. The lowest BCUT2D eigenvalue weighted by molar-refractivity contribution is 0.214. The van der Waals surface area contributed by atoms with Gasteiger partial charge in [0.1, 0.15) is 11.5 Å². The largest absolute Gasteiger partial charge is 0.417 e. The number of hydrogen-bond donors (Lipinski definition) is 2. The molecule has 4 rings (SSSR count). The van der Waals surface area contributed by atoms with Gasteiger partial charge in [-0.15, -0.1) is 0 Å². The van der Waals surface area contributed by atoms with Crippen LogP contribution >= 0.6 is 0 Å². The molecule has 9 heteroatoms. The molecule has 0 spiro atoms. The summed E-state index contributed by atoms with van der Waals surface area (Å²) in [6.45, 7) is 0. The summed E-state index contributed by atoms with van der Waals surface area (Å²) < 4.78 is 36.3. The summed E-state index contributed by atoms with van der Waals surface area (Å²) >= 11 is 0. The summed E-state index contributed by atoms with van der Waals surface area (Å²) in [5.41, 5.74) is 1.14. The van der Waals surface area contributed by atoms with E-state index in [9.17, 15) is 18.0 Å². The van der Waals surface area contributed by atoms with Gasteiger partial charge in [0.15, 0.2) is 0 Å². The monoisotopic (exact) mass is 488 g/mol. The zero-order valence-electron chi connectivity index (χ0n) is 18.3. The molecule has 0 radical (unpaired) electrons. The minimum absolute atomic E-state index is 0.0174. The van der Waals surface area contributed by atoms with E-state index in [1.807, 2.05) is 12.1 Å². The van der Waals surface area contributed by atoms with Gasteiger partial charge in [-0.2, -0.15) is 0 Å². The van der Waals surface area contributed by atoms with Crippen molar-refractivity contribution in [2.24, 2.45) is 0 Å². The molecule has 0 heterocycles. The average molecular weight is 489 g/mol. The van der Waals surface area contributed by atoms with Gasteiger partial charge in [0.25, 0.3) is 0 Å². The van der Waals surface area contributed by atoms with Crippen LogP contribution in [0.15, 0.2) is 119 Å². The molecular weight excluding hydrogens is 468 g/mol. The van der Waals surface area contributed by atoms with Gasteiger partial charge in [-0.3, -0.25) is 10.6 Å². The SMILES string of the molecule is O=C(Nc1ccccc1)Oc1ccc(S(=O)(=O)c2ccc(OC(=O)Nc3ccccc3)cc2)cc1. The molecule has 8 nitrogen and oxygen atoms in total. The van der Waals surface area contributed by atoms with Crippen molar-refractivity contribution in [3.63, 3.8) is 0 Å². The van der Waals surface area contributed by atoms with Crippen molar-refractivity contribution < 1.29 is 27.5 Å². The Labute approximate surface area is 202 Å². The van der Waals surface area contributed by atoms with Gasteiger partial charge in [0.2, 0.25) is 9.84 Å². The van der Waals surface area contributed by atoms with Gasteiger partial charge >= 0.3 is 12.2 Å². The van der Waals surface area contributed by atoms with Crippen LogP contribution in [0.1, 0.15) is 0 Å². The summed E-state index contributed by atoms with van der Waals surface area (Å²) in [5.74, 6) is 0.371. The minimum Gasteiger partial charge on any atom is -0.410 e. The van der Waals surface area contributed by atoms with Crippen LogP contribution in [0.2, 0.25) is 0 Å². The first-order valence-electron chi connectivity index (χ1n) is 10.4. The highest BCUT2D eigenvalue weighted by Crippen LogP contribution is 2.25.